The summed E-state index contributed by atoms with van der Waals surface area (Å²) in [4.78, 5) is 4.69. The molecule has 1 unspecified atom stereocenters. The SMILES string of the molecule is CC(C)CN(CCN(C)C)c1ccc(CC(C)N)cc1Br. The summed E-state index contributed by atoms with van der Waals surface area (Å²) < 4.78 is 1.17. The van der Waals surface area contributed by atoms with Gasteiger partial charge in [0.25, 0.3) is 0 Å². The second kappa shape index (κ2) is 8.76. The van der Waals surface area contributed by atoms with E-state index in [1.54, 1.807) is 0 Å². The van der Waals surface area contributed by atoms with Crippen LogP contribution in [0.2, 0.25) is 0 Å². The molecule has 1 rings (SSSR count). The van der Waals surface area contributed by atoms with Crippen molar-refractivity contribution in [3.63, 3.8) is 0 Å². The van der Waals surface area contributed by atoms with Crippen LogP contribution in [0, 0.1) is 5.92 Å². The Labute approximate surface area is 138 Å². The predicted octanol–water partition coefficient (Wildman–Crippen LogP) is 3.36. The third kappa shape index (κ3) is 6.81. The number of nitrogens with zero attached hydrogens (tertiary/aromatic N) is 2. The Morgan fingerprint density at radius 3 is 2.29 bits per heavy atom. The van der Waals surface area contributed by atoms with Crippen LogP contribution in [0.5, 0.6) is 0 Å². The van der Waals surface area contributed by atoms with Gasteiger partial charge >= 0.3 is 0 Å². The molecule has 21 heavy (non-hydrogen) atoms. The molecule has 0 fully saturated rings. The highest BCUT2D eigenvalue weighted by molar-refractivity contribution is 9.10. The van der Waals surface area contributed by atoms with Gasteiger partial charge in [-0.2, -0.15) is 0 Å². The third-order valence-electron chi connectivity index (χ3n) is 3.31. The maximum absolute atomic E-state index is 5.89. The van der Waals surface area contributed by atoms with Crippen LogP contribution in [-0.4, -0.2) is 44.7 Å². The van der Waals surface area contributed by atoms with Crippen molar-refractivity contribution >= 4 is 21.6 Å². The monoisotopic (exact) mass is 355 g/mol. The second-order valence-electron chi connectivity index (χ2n) is 6.61. The third-order valence-corrected chi connectivity index (χ3v) is 3.95. The number of benzene rings is 1. The molecule has 0 radical (unpaired) electrons. The summed E-state index contributed by atoms with van der Waals surface area (Å²) >= 11 is 3.74. The van der Waals surface area contributed by atoms with Gasteiger partial charge in [0.2, 0.25) is 0 Å². The fraction of sp³-hybridized carbons (Fsp3) is 0.647. The summed E-state index contributed by atoms with van der Waals surface area (Å²) in [5.41, 5.74) is 8.45. The van der Waals surface area contributed by atoms with E-state index >= 15 is 0 Å². The number of hydrogen-bond donors (Lipinski definition) is 1. The first-order valence-electron chi connectivity index (χ1n) is 7.73. The highest BCUT2D eigenvalue weighted by Crippen LogP contribution is 2.28. The number of hydrogen-bond acceptors (Lipinski definition) is 3. The minimum atomic E-state index is 0.197. The van der Waals surface area contributed by atoms with E-state index in [0.717, 1.165) is 26.1 Å². The van der Waals surface area contributed by atoms with Gasteiger partial charge in [0.1, 0.15) is 0 Å². The number of rotatable bonds is 8. The summed E-state index contributed by atoms with van der Waals surface area (Å²) in [6.45, 7) is 9.74. The van der Waals surface area contributed by atoms with E-state index in [0.29, 0.717) is 5.92 Å². The predicted molar refractivity (Wildman–Crippen MR) is 97.1 cm³/mol. The molecule has 120 valence electrons. The summed E-state index contributed by atoms with van der Waals surface area (Å²) in [7, 11) is 4.24. The zero-order valence-electron chi connectivity index (χ0n) is 14.1. The van der Waals surface area contributed by atoms with E-state index < -0.39 is 0 Å². The van der Waals surface area contributed by atoms with Gasteiger partial charge < -0.3 is 15.5 Å². The van der Waals surface area contributed by atoms with E-state index in [9.17, 15) is 0 Å². The lowest BCUT2D eigenvalue weighted by molar-refractivity contribution is 0.409. The summed E-state index contributed by atoms with van der Waals surface area (Å²) in [5.74, 6) is 0.641. The van der Waals surface area contributed by atoms with E-state index in [4.69, 9.17) is 5.73 Å². The number of nitrogens with two attached hydrogens (primary N) is 1. The molecule has 0 bridgehead atoms. The van der Waals surface area contributed by atoms with Gasteiger partial charge in [-0.05, 0) is 67.0 Å². The van der Waals surface area contributed by atoms with Crippen molar-refractivity contribution in [1.82, 2.24) is 4.90 Å². The van der Waals surface area contributed by atoms with E-state index in [1.807, 2.05) is 6.92 Å². The average molecular weight is 356 g/mol. The van der Waals surface area contributed by atoms with Crippen molar-refractivity contribution in [3.05, 3.63) is 28.2 Å². The van der Waals surface area contributed by atoms with Gasteiger partial charge in [-0.15, -0.1) is 0 Å². The van der Waals surface area contributed by atoms with Crippen LogP contribution in [0.15, 0.2) is 22.7 Å². The maximum Gasteiger partial charge on any atom is 0.0511 e. The van der Waals surface area contributed by atoms with Crippen LogP contribution >= 0.6 is 15.9 Å². The lowest BCUT2D eigenvalue weighted by Gasteiger charge is -2.29. The average Bonchev–Trinajstić information content (AvgIpc) is 2.33. The number of anilines is 1. The minimum absolute atomic E-state index is 0.197. The first-order valence-corrected chi connectivity index (χ1v) is 8.52. The molecule has 0 heterocycles. The van der Waals surface area contributed by atoms with Crippen LogP contribution in [0.25, 0.3) is 0 Å². The largest absolute Gasteiger partial charge is 0.369 e. The summed E-state index contributed by atoms with van der Waals surface area (Å²) in [6.07, 6.45) is 0.917. The Hall–Kier alpha value is -0.580. The van der Waals surface area contributed by atoms with Crippen LogP contribution < -0.4 is 10.6 Å². The Kier molecular flexibility index (Phi) is 7.71. The Balaban J connectivity index is 2.90. The molecular weight excluding hydrogens is 326 g/mol. The van der Waals surface area contributed by atoms with Crippen molar-refractivity contribution in [2.45, 2.75) is 33.2 Å². The topological polar surface area (TPSA) is 32.5 Å². The van der Waals surface area contributed by atoms with Crippen molar-refractivity contribution in [3.8, 4) is 0 Å². The molecule has 1 atom stereocenters. The van der Waals surface area contributed by atoms with Gasteiger partial charge in [0.15, 0.2) is 0 Å². The molecule has 0 aliphatic carbocycles. The molecule has 2 N–H and O–H groups in total. The smallest absolute Gasteiger partial charge is 0.0511 e. The summed E-state index contributed by atoms with van der Waals surface area (Å²) in [6, 6.07) is 6.83. The Morgan fingerprint density at radius 2 is 1.81 bits per heavy atom. The molecule has 0 aliphatic heterocycles. The molecular formula is C17H30BrN3. The van der Waals surface area contributed by atoms with Gasteiger partial charge in [-0.25, -0.2) is 0 Å². The standard InChI is InChI=1S/C17H30BrN3/c1-13(2)12-21(9-8-20(4)5)17-7-6-15(10-14(3)19)11-16(17)18/h6-7,11,13-14H,8-10,12,19H2,1-5H3. The first-order chi connectivity index (χ1) is 9.79. The number of halogens is 1. The van der Waals surface area contributed by atoms with Gasteiger partial charge in [0.05, 0.1) is 5.69 Å². The quantitative estimate of drug-likeness (QED) is 0.775. The molecule has 0 aromatic heterocycles. The first kappa shape index (κ1) is 18.5. The zero-order chi connectivity index (χ0) is 16.0. The maximum atomic E-state index is 5.89. The molecule has 0 amide bonds. The molecule has 0 aliphatic rings. The second-order valence-corrected chi connectivity index (χ2v) is 7.46. The molecule has 0 spiro atoms. The van der Waals surface area contributed by atoms with Crippen molar-refractivity contribution < 1.29 is 0 Å². The lowest BCUT2D eigenvalue weighted by atomic mass is 10.1. The molecule has 4 heteroatoms. The fourth-order valence-electron chi connectivity index (χ4n) is 2.38. The highest BCUT2D eigenvalue weighted by Gasteiger charge is 2.13. The molecule has 0 saturated heterocycles. The van der Waals surface area contributed by atoms with E-state index in [2.05, 4.69) is 71.9 Å². The Morgan fingerprint density at radius 1 is 1.14 bits per heavy atom. The molecule has 1 aromatic carbocycles. The van der Waals surface area contributed by atoms with Gasteiger partial charge in [0, 0.05) is 30.1 Å². The van der Waals surface area contributed by atoms with Crippen molar-refractivity contribution in [1.29, 1.82) is 0 Å². The number of likely N-dealkylation sites (N-methyl/N-ethyl adjacent to an activating group) is 1. The molecule has 1 aromatic rings. The Bertz CT molecular complexity index is 430. The summed E-state index contributed by atoms with van der Waals surface area (Å²) in [5, 5.41) is 0. The molecule has 3 nitrogen and oxygen atoms in total. The van der Waals surface area contributed by atoms with Crippen LogP contribution in [-0.2, 0) is 6.42 Å². The van der Waals surface area contributed by atoms with Crippen LogP contribution in [0.4, 0.5) is 5.69 Å². The van der Waals surface area contributed by atoms with Gasteiger partial charge in [-0.1, -0.05) is 19.9 Å². The minimum Gasteiger partial charge on any atom is -0.369 e. The van der Waals surface area contributed by atoms with Crippen LogP contribution in [0.3, 0.4) is 0 Å². The lowest BCUT2D eigenvalue weighted by Crippen LogP contribution is -2.34. The van der Waals surface area contributed by atoms with E-state index in [1.165, 1.54) is 15.7 Å². The van der Waals surface area contributed by atoms with E-state index in [-0.39, 0.29) is 6.04 Å². The van der Waals surface area contributed by atoms with Crippen molar-refractivity contribution in [2.75, 3.05) is 38.6 Å². The highest BCUT2D eigenvalue weighted by atomic mass is 79.9. The fourth-order valence-corrected chi connectivity index (χ4v) is 3.05. The van der Waals surface area contributed by atoms with Crippen molar-refractivity contribution in [2.24, 2.45) is 11.7 Å². The molecule has 0 saturated carbocycles. The normalized spacial score (nSPS) is 13.0. The zero-order valence-corrected chi connectivity index (χ0v) is 15.7. The van der Waals surface area contributed by atoms with Crippen LogP contribution in [0.1, 0.15) is 26.3 Å². The van der Waals surface area contributed by atoms with Gasteiger partial charge in [-0.3, -0.25) is 0 Å².